The Bertz CT molecular complexity index is 692. The zero-order valence-corrected chi connectivity index (χ0v) is 17.1. The van der Waals surface area contributed by atoms with Gasteiger partial charge in [-0.2, -0.15) is 0 Å². The summed E-state index contributed by atoms with van der Waals surface area (Å²) in [5.74, 6) is 0.214. The molecule has 1 aromatic carbocycles. The zero-order chi connectivity index (χ0) is 19.3. The number of carbonyl (C=O) groups excluding carboxylic acids is 1. The monoisotopic (exact) mass is 375 g/mol. The molecule has 2 aromatic rings. The first-order chi connectivity index (χ1) is 12.3. The van der Waals surface area contributed by atoms with Gasteiger partial charge in [-0.15, -0.1) is 4.73 Å². The van der Waals surface area contributed by atoms with E-state index in [1.165, 1.54) is 29.4 Å². The Balaban J connectivity index is 2.02. The molecule has 0 saturated heterocycles. The number of aromatic hydroxyl groups is 2. The van der Waals surface area contributed by atoms with Crippen LogP contribution in [0.5, 0.6) is 11.8 Å². The fourth-order valence-electron chi connectivity index (χ4n) is 3.21. The van der Waals surface area contributed by atoms with Crippen molar-refractivity contribution in [3.63, 3.8) is 0 Å². The van der Waals surface area contributed by atoms with E-state index in [1.807, 2.05) is 12.1 Å². The van der Waals surface area contributed by atoms with Crippen LogP contribution in [-0.4, -0.2) is 29.7 Å². The molecule has 6 heteroatoms. The van der Waals surface area contributed by atoms with Crippen molar-refractivity contribution in [1.82, 2.24) is 4.73 Å². The highest BCUT2D eigenvalue weighted by Crippen LogP contribution is 2.19. The average molecular weight is 376 g/mol. The first kappa shape index (κ1) is 20.1. The van der Waals surface area contributed by atoms with Crippen LogP contribution in [0.1, 0.15) is 33.3 Å². The average Bonchev–Trinajstić information content (AvgIpc) is 2.86. The predicted octanol–water partition coefficient (Wildman–Crippen LogP) is 2.84. The Morgan fingerprint density at radius 1 is 0.962 bits per heavy atom. The smallest absolute Gasteiger partial charge is 0.337 e. The summed E-state index contributed by atoms with van der Waals surface area (Å²) in [6.45, 7) is 9.10. The minimum atomic E-state index is -1.01. The van der Waals surface area contributed by atoms with Gasteiger partial charge in [-0.3, -0.25) is 0 Å². The third-order valence-corrected chi connectivity index (χ3v) is 8.65. The lowest BCUT2D eigenvalue weighted by Gasteiger charge is -2.20. The molecule has 26 heavy (non-hydrogen) atoms. The molecule has 0 aliphatic heterocycles. The predicted molar refractivity (Wildman–Crippen MR) is 106 cm³/mol. The van der Waals surface area contributed by atoms with Crippen LogP contribution < -0.4 is 10.0 Å². The second-order valence-electron chi connectivity index (χ2n) is 7.68. The molecule has 1 heterocycles. The lowest BCUT2D eigenvalue weighted by molar-refractivity contribution is -0.144. The SMILES string of the molecule is CC(C)C[SiH](CC(C)C)c1ccc(CC(=O)On2c(O)ccc2O)cc1. The van der Waals surface area contributed by atoms with Gasteiger partial charge in [0.1, 0.15) is 0 Å². The van der Waals surface area contributed by atoms with Gasteiger partial charge in [0.25, 0.3) is 0 Å². The summed E-state index contributed by atoms with van der Waals surface area (Å²) < 4.78 is 0.713. The number of rotatable bonds is 8. The Hall–Kier alpha value is -2.21. The van der Waals surface area contributed by atoms with E-state index in [4.69, 9.17) is 4.84 Å². The fourth-order valence-corrected chi connectivity index (χ4v) is 6.96. The minimum Gasteiger partial charge on any atom is -0.492 e. The minimum absolute atomic E-state index is 0.0813. The van der Waals surface area contributed by atoms with Gasteiger partial charge in [0.05, 0.1) is 15.2 Å². The van der Waals surface area contributed by atoms with Crippen molar-refractivity contribution in [1.29, 1.82) is 0 Å². The molecular weight excluding hydrogens is 346 g/mol. The van der Waals surface area contributed by atoms with Gasteiger partial charge in [0, 0.05) is 12.1 Å². The maximum absolute atomic E-state index is 12.0. The maximum Gasteiger partial charge on any atom is 0.337 e. The summed E-state index contributed by atoms with van der Waals surface area (Å²) in [6, 6.07) is 13.3. The van der Waals surface area contributed by atoms with Crippen molar-refractivity contribution >= 4 is 20.0 Å². The second kappa shape index (κ2) is 8.94. The molecule has 0 radical (unpaired) electrons. The van der Waals surface area contributed by atoms with E-state index in [0.29, 0.717) is 16.6 Å². The molecule has 0 aliphatic carbocycles. The lowest BCUT2D eigenvalue weighted by atomic mass is 10.1. The topological polar surface area (TPSA) is 71.7 Å². The van der Waals surface area contributed by atoms with Crippen LogP contribution in [0, 0.1) is 11.8 Å². The highest BCUT2D eigenvalue weighted by atomic mass is 28.3. The van der Waals surface area contributed by atoms with Crippen LogP contribution in [-0.2, 0) is 11.2 Å². The molecule has 0 amide bonds. The number of benzene rings is 1. The first-order valence-electron chi connectivity index (χ1n) is 9.16. The summed E-state index contributed by atoms with van der Waals surface area (Å²) in [5.41, 5.74) is 0.853. The van der Waals surface area contributed by atoms with Crippen LogP contribution in [0.2, 0.25) is 12.1 Å². The lowest BCUT2D eigenvalue weighted by Crippen LogP contribution is -2.32. The first-order valence-corrected chi connectivity index (χ1v) is 11.4. The molecule has 0 fully saturated rings. The number of nitrogens with zero attached hydrogens (tertiary/aromatic N) is 1. The molecule has 142 valence electrons. The Morgan fingerprint density at radius 3 is 1.92 bits per heavy atom. The van der Waals surface area contributed by atoms with E-state index < -0.39 is 14.8 Å². The van der Waals surface area contributed by atoms with E-state index in [0.717, 1.165) is 5.56 Å². The summed E-state index contributed by atoms with van der Waals surface area (Å²) in [5, 5.41) is 20.5. The van der Waals surface area contributed by atoms with Crippen molar-refractivity contribution in [2.45, 2.75) is 46.2 Å². The Kier molecular flexibility index (Phi) is 6.91. The third kappa shape index (κ3) is 5.66. The van der Waals surface area contributed by atoms with Crippen LogP contribution in [0.15, 0.2) is 36.4 Å². The third-order valence-electron chi connectivity index (χ3n) is 4.30. The Morgan fingerprint density at radius 2 is 1.46 bits per heavy atom. The van der Waals surface area contributed by atoms with Crippen molar-refractivity contribution in [3.05, 3.63) is 42.0 Å². The molecule has 0 atom stereocenters. The molecule has 5 nitrogen and oxygen atoms in total. The molecule has 0 saturated carbocycles. The second-order valence-corrected chi connectivity index (χ2v) is 10.7. The van der Waals surface area contributed by atoms with Gasteiger partial charge in [-0.05, 0) is 17.4 Å². The van der Waals surface area contributed by atoms with E-state index >= 15 is 0 Å². The summed E-state index contributed by atoms with van der Waals surface area (Å²) in [4.78, 5) is 17.0. The van der Waals surface area contributed by atoms with Gasteiger partial charge in [0.15, 0.2) is 0 Å². The molecule has 0 spiro atoms. The van der Waals surface area contributed by atoms with E-state index in [2.05, 4.69) is 39.8 Å². The van der Waals surface area contributed by atoms with Crippen LogP contribution in [0.3, 0.4) is 0 Å². The van der Waals surface area contributed by atoms with Crippen LogP contribution in [0.4, 0.5) is 0 Å². The van der Waals surface area contributed by atoms with E-state index in [-0.39, 0.29) is 18.2 Å². The van der Waals surface area contributed by atoms with Crippen LogP contribution in [0.25, 0.3) is 0 Å². The number of aromatic nitrogens is 1. The number of hydrogen-bond acceptors (Lipinski definition) is 4. The summed E-state index contributed by atoms with van der Waals surface area (Å²) in [6.07, 6.45) is 0.0813. The fraction of sp³-hybridized carbons (Fsp3) is 0.450. The molecule has 0 unspecified atom stereocenters. The molecule has 2 rings (SSSR count). The Labute approximate surface area is 156 Å². The summed E-state index contributed by atoms with van der Waals surface area (Å²) in [7, 11) is -1.01. The molecular formula is C20H29NO4Si. The van der Waals surface area contributed by atoms with Crippen LogP contribution >= 0.6 is 0 Å². The highest BCUT2D eigenvalue weighted by molar-refractivity contribution is 6.73. The highest BCUT2D eigenvalue weighted by Gasteiger charge is 2.18. The van der Waals surface area contributed by atoms with Gasteiger partial charge in [0.2, 0.25) is 11.8 Å². The maximum atomic E-state index is 12.0. The quantitative estimate of drug-likeness (QED) is 0.696. The summed E-state index contributed by atoms with van der Waals surface area (Å²) >= 11 is 0. The number of carbonyl (C=O) groups is 1. The van der Waals surface area contributed by atoms with Crippen molar-refractivity contribution < 1.29 is 19.8 Å². The number of hydrogen-bond donors (Lipinski definition) is 2. The standard InChI is InChI=1S/C20H29NO4Si/c1-14(2)12-26(13-15(3)4)17-7-5-16(6-8-17)11-20(24)25-21-18(22)9-10-19(21)23/h5-10,14-15,22-23,26H,11-13H2,1-4H3. The zero-order valence-electron chi connectivity index (χ0n) is 16.0. The van der Waals surface area contributed by atoms with Gasteiger partial charge in [-0.25, -0.2) is 4.79 Å². The van der Waals surface area contributed by atoms with E-state index in [1.54, 1.807) is 0 Å². The largest absolute Gasteiger partial charge is 0.492 e. The van der Waals surface area contributed by atoms with Gasteiger partial charge in [-0.1, -0.05) is 69.2 Å². The van der Waals surface area contributed by atoms with E-state index in [9.17, 15) is 15.0 Å². The van der Waals surface area contributed by atoms with Gasteiger partial charge < -0.3 is 15.1 Å². The van der Waals surface area contributed by atoms with Crippen molar-refractivity contribution in [2.75, 3.05) is 0 Å². The van der Waals surface area contributed by atoms with Gasteiger partial charge >= 0.3 is 5.97 Å². The molecule has 1 aromatic heterocycles. The molecule has 0 bridgehead atoms. The van der Waals surface area contributed by atoms with Crippen molar-refractivity contribution in [3.8, 4) is 11.8 Å². The molecule has 0 aliphatic rings. The normalized spacial score (nSPS) is 11.5. The van der Waals surface area contributed by atoms with Crippen molar-refractivity contribution in [2.24, 2.45) is 11.8 Å². The molecule has 2 N–H and O–H groups in total.